The Hall–Kier alpha value is -2.04. The number of hydrogen-bond acceptors (Lipinski definition) is 3. The maximum absolute atomic E-state index is 13.3. The van der Waals surface area contributed by atoms with E-state index in [0.717, 1.165) is 42.5 Å². The van der Waals surface area contributed by atoms with Crippen molar-refractivity contribution in [3.63, 3.8) is 0 Å². The van der Waals surface area contributed by atoms with Crippen molar-refractivity contribution >= 4 is 40.4 Å². The Morgan fingerprint density at radius 3 is 2.31 bits per heavy atom. The monoisotopic (exact) mass is 382 g/mol. The molecule has 2 aromatic carbocycles. The third-order valence-electron chi connectivity index (χ3n) is 5.17. The molecule has 1 heterocycles. The lowest BCUT2D eigenvalue weighted by Crippen LogP contribution is -2.48. The van der Waals surface area contributed by atoms with Crippen molar-refractivity contribution in [1.29, 1.82) is 0 Å². The van der Waals surface area contributed by atoms with Gasteiger partial charge in [0.25, 0.3) is 5.91 Å². The molecule has 0 aromatic heterocycles. The fourth-order valence-corrected chi connectivity index (χ4v) is 4.32. The molecule has 2 aliphatic rings. The molecular formula is C21H19ClN2OS. The number of benzene rings is 2. The van der Waals surface area contributed by atoms with Crippen molar-refractivity contribution in [1.82, 2.24) is 4.90 Å². The molecule has 2 aromatic rings. The van der Waals surface area contributed by atoms with Crippen LogP contribution < -0.4 is 0 Å². The normalized spacial score (nSPS) is 18.5. The summed E-state index contributed by atoms with van der Waals surface area (Å²) >= 11 is 11.7. The Bertz CT molecular complexity index is 897. The van der Waals surface area contributed by atoms with Crippen molar-refractivity contribution in [3.05, 3.63) is 70.2 Å². The molecule has 0 radical (unpaired) electrons. The van der Waals surface area contributed by atoms with Gasteiger partial charge in [-0.3, -0.25) is 14.7 Å². The van der Waals surface area contributed by atoms with Gasteiger partial charge in [-0.15, -0.1) is 0 Å². The molecule has 0 bridgehead atoms. The van der Waals surface area contributed by atoms with Crippen LogP contribution in [-0.4, -0.2) is 27.2 Å². The first-order valence-electron chi connectivity index (χ1n) is 8.82. The summed E-state index contributed by atoms with van der Waals surface area (Å²) in [6, 6.07) is 15.1. The molecular weight excluding hydrogens is 364 g/mol. The van der Waals surface area contributed by atoms with Crippen LogP contribution in [0.3, 0.4) is 0 Å². The summed E-state index contributed by atoms with van der Waals surface area (Å²) in [6.07, 6.45) is 3.80. The molecule has 3 nitrogen and oxygen atoms in total. The highest BCUT2D eigenvalue weighted by atomic mass is 35.5. The van der Waals surface area contributed by atoms with Gasteiger partial charge in [-0.25, -0.2) is 0 Å². The van der Waals surface area contributed by atoms with Crippen molar-refractivity contribution in [2.75, 3.05) is 0 Å². The van der Waals surface area contributed by atoms with E-state index >= 15 is 0 Å². The molecule has 132 valence electrons. The molecule has 1 saturated carbocycles. The van der Waals surface area contributed by atoms with E-state index in [9.17, 15) is 4.79 Å². The zero-order valence-corrected chi connectivity index (χ0v) is 16.1. The van der Waals surface area contributed by atoms with Crippen molar-refractivity contribution < 1.29 is 4.79 Å². The lowest BCUT2D eigenvalue weighted by molar-refractivity contribution is 0.0724. The topological polar surface area (TPSA) is 32.7 Å². The first-order valence-corrected chi connectivity index (χ1v) is 9.60. The fraction of sp³-hybridized carbons (Fsp3) is 0.286. The second-order valence-electron chi connectivity index (χ2n) is 6.97. The predicted octanol–water partition coefficient (Wildman–Crippen LogP) is 5.19. The lowest BCUT2D eigenvalue weighted by Gasteiger charge is -2.32. The van der Waals surface area contributed by atoms with Crippen LogP contribution in [0.2, 0.25) is 5.02 Å². The Labute approximate surface area is 163 Å². The molecule has 0 unspecified atom stereocenters. The summed E-state index contributed by atoms with van der Waals surface area (Å²) in [4.78, 5) is 20.6. The van der Waals surface area contributed by atoms with Gasteiger partial charge >= 0.3 is 0 Å². The van der Waals surface area contributed by atoms with Crippen molar-refractivity contribution in [2.45, 2.75) is 38.3 Å². The van der Waals surface area contributed by atoms with Gasteiger partial charge in [0.1, 0.15) is 16.4 Å². The number of carbonyl (C=O) groups excluding carboxylic acids is 1. The average Bonchev–Trinajstić information content (AvgIpc) is 3.21. The van der Waals surface area contributed by atoms with Gasteiger partial charge in [0.2, 0.25) is 0 Å². The Morgan fingerprint density at radius 1 is 1.08 bits per heavy atom. The van der Waals surface area contributed by atoms with Crippen LogP contribution in [0.15, 0.2) is 53.5 Å². The molecule has 0 saturated heterocycles. The van der Waals surface area contributed by atoms with Crippen LogP contribution in [0.25, 0.3) is 0 Å². The zero-order chi connectivity index (χ0) is 18.3. The van der Waals surface area contributed by atoms with Gasteiger partial charge in [0.05, 0.1) is 0 Å². The number of nitrogens with zero attached hydrogens (tertiary/aromatic N) is 2. The number of carbonyl (C=O) groups is 1. The number of aliphatic imine (C=N–C) groups is 1. The maximum atomic E-state index is 13.3. The molecule has 26 heavy (non-hydrogen) atoms. The number of rotatable bonds is 2. The van der Waals surface area contributed by atoms with E-state index in [0.29, 0.717) is 15.6 Å². The summed E-state index contributed by atoms with van der Waals surface area (Å²) < 4.78 is 0. The summed E-state index contributed by atoms with van der Waals surface area (Å²) in [6.45, 7) is 2.01. The quantitative estimate of drug-likeness (QED) is 0.669. The van der Waals surface area contributed by atoms with Crippen LogP contribution in [0.5, 0.6) is 0 Å². The van der Waals surface area contributed by atoms with Crippen LogP contribution in [0.4, 0.5) is 0 Å². The Morgan fingerprint density at radius 2 is 1.69 bits per heavy atom. The number of halogens is 1. The maximum Gasteiger partial charge on any atom is 0.260 e. The smallest absolute Gasteiger partial charge is 0.260 e. The summed E-state index contributed by atoms with van der Waals surface area (Å²) in [5, 5.41) is 0.668. The number of hydrogen-bond donors (Lipinski definition) is 0. The third kappa shape index (κ3) is 2.87. The minimum atomic E-state index is -0.534. The average molecular weight is 383 g/mol. The standard InChI is InChI=1S/C21H19ClN2OS/c1-14-4-6-16(7-5-14)19(25)24-20(26)18(15-8-10-17(22)11-9-15)23-21(24)12-2-3-13-21/h4-11H,2-3,12-13H2,1H3. The molecule has 0 atom stereocenters. The van der Waals surface area contributed by atoms with E-state index in [4.69, 9.17) is 28.8 Å². The molecule has 4 rings (SSSR count). The summed E-state index contributed by atoms with van der Waals surface area (Å²) in [5.74, 6) is -0.0652. The summed E-state index contributed by atoms with van der Waals surface area (Å²) in [5.41, 5.74) is 2.87. The molecule has 0 N–H and O–H groups in total. The van der Waals surface area contributed by atoms with E-state index in [1.54, 1.807) is 4.90 Å². The number of thiocarbonyl (C=S) groups is 1. The first-order chi connectivity index (χ1) is 12.5. The van der Waals surface area contributed by atoms with Crippen LogP contribution in [0, 0.1) is 6.92 Å². The molecule has 1 aliphatic heterocycles. The van der Waals surface area contributed by atoms with Gasteiger partial charge in [-0.1, -0.05) is 53.6 Å². The molecule has 1 fully saturated rings. The first kappa shape index (κ1) is 17.4. The van der Waals surface area contributed by atoms with E-state index in [1.807, 2.05) is 55.5 Å². The Kier molecular flexibility index (Phi) is 4.41. The van der Waals surface area contributed by atoms with Gasteiger partial charge in [0, 0.05) is 16.1 Å². The summed E-state index contributed by atoms with van der Waals surface area (Å²) in [7, 11) is 0. The largest absolute Gasteiger partial charge is 0.271 e. The minimum Gasteiger partial charge on any atom is -0.271 e. The zero-order valence-electron chi connectivity index (χ0n) is 14.5. The highest BCUT2D eigenvalue weighted by molar-refractivity contribution is 7.82. The molecule has 1 aliphatic carbocycles. The van der Waals surface area contributed by atoms with E-state index in [2.05, 4.69) is 0 Å². The van der Waals surface area contributed by atoms with Gasteiger partial charge < -0.3 is 0 Å². The molecule has 1 spiro atoms. The van der Waals surface area contributed by atoms with Crippen LogP contribution in [-0.2, 0) is 0 Å². The van der Waals surface area contributed by atoms with E-state index in [-0.39, 0.29) is 5.91 Å². The van der Waals surface area contributed by atoms with Crippen LogP contribution >= 0.6 is 23.8 Å². The van der Waals surface area contributed by atoms with Crippen LogP contribution in [0.1, 0.15) is 47.2 Å². The number of aryl methyl sites for hydroxylation is 1. The van der Waals surface area contributed by atoms with Crippen molar-refractivity contribution in [3.8, 4) is 0 Å². The van der Waals surface area contributed by atoms with E-state index in [1.165, 1.54) is 0 Å². The minimum absolute atomic E-state index is 0.0652. The predicted molar refractivity (Wildman–Crippen MR) is 109 cm³/mol. The van der Waals surface area contributed by atoms with Crippen molar-refractivity contribution in [2.24, 2.45) is 4.99 Å². The SMILES string of the molecule is Cc1ccc(C(=O)N2C(=S)C(c3ccc(Cl)cc3)=NC23CCCC3)cc1. The highest BCUT2D eigenvalue weighted by Crippen LogP contribution is 2.42. The fourth-order valence-electron chi connectivity index (χ4n) is 3.78. The molecule has 1 amide bonds. The van der Waals surface area contributed by atoms with Gasteiger partial charge in [-0.05, 0) is 56.9 Å². The van der Waals surface area contributed by atoms with Gasteiger partial charge in [-0.2, -0.15) is 0 Å². The lowest BCUT2D eigenvalue weighted by atomic mass is 10.1. The van der Waals surface area contributed by atoms with Gasteiger partial charge in [0.15, 0.2) is 0 Å². The second kappa shape index (κ2) is 6.60. The number of amides is 1. The third-order valence-corrected chi connectivity index (χ3v) is 5.79. The molecule has 5 heteroatoms. The van der Waals surface area contributed by atoms with E-state index < -0.39 is 5.66 Å². The highest BCUT2D eigenvalue weighted by Gasteiger charge is 2.50. The Balaban J connectivity index is 1.75. The second-order valence-corrected chi connectivity index (χ2v) is 7.79.